The molecule has 1 aromatic rings. The molecule has 1 heterocycles. The SMILES string of the molecule is CCCNc1nc(C(C)(C)C)[nH]c(=O)c1C. The third-order valence-corrected chi connectivity index (χ3v) is 2.40. The van der Waals surface area contributed by atoms with E-state index in [1.807, 2.05) is 20.8 Å². The van der Waals surface area contributed by atoms with Crippen LogP contribution in [0.2, 0.25) is 0 Å². The van der Waals surface area contributed by atoms with Crippen LogP contribution in [0.1, 0.15) is 45.5 Å². The predicted molar refractivity (Wildman–Crippen MR) is 67.1 cm³/mol. The Labute approximate surface area is 96.5 Å². The van der Waals surface area contributed by atoms with Crippen molar-refractivity contribution in [2.45, 2.75) is 46.5 Å². The molecule has 0 amide bonds. The van der Waals surface area contributed by atoms with Gasteiger partial charge < -0.3 is 10.3 Å². The second-order valence-corrected chi connectivity index (χ2v) is 5.06. The van der Waals surface area contributed by atoms with E-state index >= 15 is 0 Å². The van der Waals surface area contributed by atoms with Gasteiger partial charge in [-0.25, -0.2) is 4.98 Å². The minimum atomic E-state index is -0.143. The molecule has 0 bridgehead atoms. The summed E-state index contributed by atoms with van der Waals surface area (Å²) in [4.78, 5) is 19.0. The average molecular weight is 223 g/mol. The number of H-pyrrole nitrogens is 1. The number of anilines is 1. The zero-order chi connectivity index (χ0) is 12.3. The Bertz CT molecular complexity index is 415. The first-order valence-electron chi connectivity index (χ1n) is 5.71. The molecular weight excluding hydrogens is 202 g/mol. The molecule has 0 aliphatic rings. The molecule has 4 nitrogen and oxygen atoms in total. The molecule has 0 saturated carbocycles. The number of rotatable bonds is 3. The molecule has 0 radical (unpaired) electrons. The van der Waals surface area contributed by atoms with Crippen LogP contribution in [0.5, 0.6) is 0 Å². The Kier molecular flexibility index (Phi) is 3.73. The number of nitrogens with zero attached hydrogens (tertiary/aromatic N) is 1. The van der Waals surface area contributed by atoms with Crippen LogP contribution in [0.3, 0.4) is 0 Å². The van der Waals surface area contributed by atoms with Gasteiger partial charge in [-0.05, 0) is 13.3 Å². The molecule has 0 aliphatic heterocycles. The van der Waals surface area contributed by atoms with E-state index in [0.29, 0.717) is 11.4 Å². The first-order chi connectivity index (χ1) is 7.36. The van der Waals surface area contributed by atoms with Gasteiger partial charge in [0.25, 0.3) is 5.56 Å². The normalized spacial score (nSPS) is 11.6. The van der Waals surface area contributed by atoms with Crippen molar-refractivity contribution in [1.29, 1.82) is 0 Å². The zero-order valence-electron chi connectivity index (χ0n) is 10.8. The van der Waals surface area contributed by atoms with E-state index in [2.05, 4.69) is 22.2 Å². The van der Waals surface area contributed by atoms with Crippen molar-refractivity contribution in [2.75, 3.05) is 11.9 Å². The van der Waals surface area contributed by atoms with E-state index in [4.69, 9.17) is 0 Å². The Balaban J connectivity index is 3.17. The maximum atomic E-state index is 11.7. The van der Waals surface area contributed by atoms with Crippen LogP contribution in [0.4, 0.5) is 5.82 Å². The van der Waals surface area contributed by atoms with Gasteiger partial charge >= 0.3 is 0 Å². The molecular formula is C12H21N3O. The highest BCUT2D eigenvalue weighted by Crippen LogP contribution is 2.19. The summed E-state index contributed by atoms with van der Waals surface area (Å²) in [5.74, 6) is 1.43. The molecule has 90 valence electrons. The van der Waals surface area contributed by atoms with Crippen LogP contribution in [0.15, 0.2) is 4.79 Å². The van der Waals surface area contributed by atoms with Gasteiger partial charge in [-0.3, -0.25) is 4.79 Å². The lowest BCUT2D eigenvalue weighted by molar-refractivity contribution is 0.542. The standard InChI is InChI=1S/C12H21N3O/c1-6-7-13-9-8(2)10(16)15-11(14-9)12(3,4)5/h6-7H2,1-5H3,(H2,13,14,15,16). The number of aromatic nitrogens is 2. The molecule has 1 rings (SSSR count). The van der Waals surface area contributed by atoms with Gasteiger partial charge in [-0.1, -0.05) is 27.7 Å². The number of aromatic amines is 1. The summed E-state index contributed by atoms with van der Waals surface area (Å²) in [6, 6.07) is 0. The van der Waals surface area contributed by atoms with E-state index < -0.39 is 0 Å². The molecule has 0 atom stereocenters. The third kappa shape index (κ3) is 2.84. The summed E-state index contributed by atoms with van der Waals surface area (Å²) >= 11 is 0. The molecule has 0 unspecified atom stereocenters. The number of nitrogens with one attached hydrogen (secondary N) is 2. The van der Waals surface area contributed by atoms with Gasteiger partial charge in [0.2, 0.25) is 0 Å². The fourth-order valence-corrected chi connectivity index (χ4v) is 1.30. The van der Waals surface area contributed by atoms with Crippen LogP contribution in [-0.4, -0.2) is 16.5 Å². The van der Waals surface area contributed by atoms with Crippen LogP contribution in [0.25, 0.3) is 0 Å². The summed E-state index contributed by atoms with van der Waals surface area (Å²) in [6.45, 7) is 10.8. The Morgan fingerprint density at radius 3 is 2.50 bits per heavy atom. The van der Waals surface area contributed by atoms with E-state index in [9.17, 15) is 4.79 Å². The smallest absolute Gasteiger partial charge is 0.255 e. The second kappa shape index (κ2) is 4.68. The van der Waals surface area contributed by atoms with E-state index in [-0.39, 0.29) is 11.0 Å². The van der Waals surface area contributed by atoms with Crippen molar-refractivity contribution < 1.29 is 0 Å². The van der Waals surface area contributed by atoms with Crippen molar-refractivity contribution in [3.05, 3.63) is 21.7 Å². The van der Waals surface area contributed by atoms with Crippen molar-refractivity contribution in [2.24, 2.45) is 0 Å². The van der Waals surface area contributed by atoms with Crippen LogP contribution >= 0.6 is 0 Å². The third-order valence-electron chi connectivity index (χ3n) is 2.40. The van der Waals surface area contributed by atoms with Crippen molar-refractivity contribution in [1.82, 2.24) is 9.97 Å². The highest BCUT2D eigenvalue weighted by atomic mass is 16.1. The summed E-state index contributed by atoms with van der Waals surface area (Å²) in [5, 5.41) is 3.18. The van der Waals surface area contributed by atoms with Crippen molar-refractivity contribution >= 4 is 5.82 Å². The zero-order valence-corrected chi connectivity index (χ0v) is 10.8. The minimum Gasteiger partial charge on any atom is -0.370 e. The van der Waals surface area contributed by atoms with Crippen LogP contribution < -0.4 is 10.9 Å². The largest absolute Gasteiger partial charge is 0.370 e. The van der Waals surface area contributed by atoms with E-state index in [0.717, 1.165) is 18.8 Å². The first-order valence-corrected chi connectivity index (χ1v) is 5.71. The monoisotopic (exact) mass is 223 g/mol. The quantitative estimate of drug-likeness (QED) is 0.826. The maximum Gasteiger partial charge on any atom is 0.255 e. The molecule has 2 N–H and O–H groups in total. The van der Waals surface area contributed by atoms with Crippen LogP contribution in [-0.2, 0) is 5.41 Å². The lowest BCUT2D eigenvalue weighted by Crippen LogP contribution is -2.25. The summed E-state index contributed by atoms with van der Waals surface area (Å²) in [6.07, 6.45) is 1.01. The molecule has 0 aliphatic carbocycles. The molecule has 0 fully saturated rings. The second-order valence-electron chi connectivity index (χ2n) is 5.06. The van der Waals surface area contributed by atoms with Gasteiger partial charge in [0, 0.05) is 12.0 Å². The van der Waals surface area contributed by atoms with Gasteiger partial charge in [0.15, 0.2) is 0 Å². The highest BCUT2D eigenvalue weighted by molar-refractivity contribution is 5.42. The molecule has 4 heteroatoms. The Morgan fingerprint density at radius 1 is 1.38 bits per heavy atom. The lowest BCUT2D eigenvalue weighted by atomic mass is 9.95. The first kappa shape index (κ1) is 12.7. The molecule has 0 aromatic carbocycles. The van der Waals surface area contributed by atoms with E-state index in [1.165, 1.54) is 0 Å². The molecule has 1 aromatic heterocycles. The van der Waals surface area contributed by atoms with Crippen molar-refractivity contribution in [3.8, 4) is 0 Å². The molecule has 0 spiro atoms. The lowest BCUT2D eigenvalue weighted by Gasteiger charge is -2.19. The number of hydrogen-bond acceptors (Lipinski definition) is 3. The molecule has 0 saturated heterocycles. The van der Waals surface area contributed by atoms with E-state index in [1.54, 1.807) is 6.92 Å². The Hall–Kier alpha value is -1.32. The van der Waals surface area contributed by atoms with Gasteiger partial charge in [0.05, 0.1) is 5.56 Å². The summed E-state index contributed by atoms with van der Waals surface area (Å²) in [5.41, 5.74) is 0.454. The fourth-order valence-electron chi connectivity index (χ4n) is 1.30. The van der Waals surface area contributed by atoms with Gasteiger partial charge in [-0.2, -0.15) is 0 Å². The van der Waals surface area contributed by atoms with Gasteiger partial charge in [-0.15, -0.1) is 0 Å². The summed E-state index contributed by atoms with van der Waals surface area (Å²) < 4.78 is 0. The summed E-state index contributed by atoms with van der Waals surface area (Å²) in [7, 11) is 0. The fraction of sp³-hybridized carbons (Fsp3) is 0.667. The highest BCUT2D eigenvalue weighted by Gasteiger charge is 2.18. The number of hydrogen-bond donors (Lipinski definition) is 2. The average Bonchev–Trinajstić information content (AvgIpc) is 2.18. The van der Waals surface area contributed by atoms with Crippen molar-refractivity contribution in [3.63, 3.8) is 0 Å². The maximum absolute atomic E-state index is 11.7. The Morgan fingerprint density at radius 2 is 2.00 bits per heavy atom. The predicted octanol–water partition coefficient (Wildman–Crippen LogP) is 2.20. The molecule has 16 heavy (non-hydrogen) atoms. The minimum absolute atomic E-state index is 0.0569. The topological polar surface area (TPSA) is 57.8 Å². The van der Waals surface area contributed by atoms with Gasteiger partial charge in [0.1, 0.15) is 11.6 Å². The van der Waals surface area contributed by atoms with Crippen LogP contribution in [0, 0.1) is 6.92 Å².